The van der Waals surface area contributed by atoms with Crippen molar-refractivity contribution in [2.45, 2.75) is 92.4 Å². The van der Waals surface area contributed by atoms with Crippen LogP contribution in [0.25, 0.3) is 12.2 Å². The fourth-order valence-corrected chi connectivity index (χ4v) is 14.5. The third kappa shape index (κ3) is 8.70. The van der Waals surface area contributed by atoms with Crippen LogP contribution >= 0.6 is 0 Å². The minimum atomic E-state index is -4.37. The Balaban J connectivity index is 0.882. The van der Waals surface area contributed by atoms with Gasteiger partial charge in [-0.15, -0.1) is 0 Å². The third-order valence-corrected chi connectivity index (χ3v) is 17.6. The number of carbonyl (C=O) groups is 4. The molecule has 14 heteroatoms. The summed E-state index contributed by atoms with van der Waals surface area (Å²) in [5, 5.41) is 10.3. The lowest BCUT2D eigenvalue weighted by molar-refractivity contribution is -0.125. The van der Waals surface area contributed by atoms with Crippen LogP contribution in [0.1, 0.15) is 128 Å². The van der Waals surface area contributed by atoms with E-state index in [1.165, 1.54) is 24.3 Å². The number of hydrogen-bond acceptors (Lipinski definition) is 10. The second-order valence-corrected chi connectivity index (χ2v) is 22.8. The zero-order valence-electron chi connectivity index (χ0n) is 37.2. The zero-order valence-corrected chi connectivity index (χ0v) is 38.9. The van der Waals surface area contributed by atoms with E-state index in [1.807, 2.05) is 64.1 Å². The molecular weight excluding hydrogens is 855 g/mol. The molecule has 0 spiro atoms. The van der Waals surface area contributed by atoms with Gasteiger partial charge >= 0.3 is 5.97 Å². The molecule has 4 aliphatic carbocycles. The minimum Gasteiger partial charge on any atom is -0.507 e. The van der Waals surface area contributed by atoms with E-state index in [-0.39, 0.29) is 64.7 Å². The molecule has 4 atom stereocenters. The molecule has 0 heterocycles. The van der Waals surface area contributed by atoms with Gasteiger partial charge in [-0.2, -0.15) is 8.42 Å². The largest absolute Gasteiger partial charge is 0.507 e. The number of unbranched alkanes of at least 4 members (excludes halogenated alkanes) is 4. The first-order valence-corrected chi connectivity index (χ1v) is 25.5. The van der Waals surface area contributed by atoms with Crippen molar-refractivity contribution in [3.05, 3.63) is 111 Å². The van der Waals surface area contributed by atoms with Gasteiger partial charge in [-0.25, -0.2) is 17.9 Å². The smallest absolute Gasteiger partial charge is 0.338 e. The molecule has 3 aromatic carbocycles. The highest BCUT2D eigenvalue weighted by Crippen LogP contribution is 2.67. The fourth-order valence-electron chi connectivity index (χ4n) is 11.4. The predicted octanol–water partition coefficient (Wildman–Crippen LogP) is 8.32. The van der Waals surface area contributed by atoms with Crippen LogP contribution in [0.5, 0.6) is 5.75 Å². The van der Waals surface area contributed by atoms with Gasteiger partial charge in [-0.1, -0.05) is 95.5 Å². The summed E-state index contributed by atoms with van der Waals surface area (Å²) in [5.74, 6) is -2.73. The van der Waals surface area contributed by atoms with Crippen molar-refractivity contribution in [3.8, 4) is 5.75 Å². The fraction of sp³-hybridized carbons (Fsp3) is 0.480. The molecular formula is C50H59NO11S2. The van der Waals surface area contributed by atoms with E-state index in [4.69, 9.17) is 4.74 Å². The summed E-state index contributed by atoms with van der Waals surface area (Å²) in [6.45, 7) is 9.98. The molecule has 4 aliphatic rings. The number of ether oxygens (including phenoxy) is 1. The van der Waals surface area contributed by atoms with Gasteiger partial charge in [-0.05, 0) is 115 Å². The average molecular weight is 914 g/mol. The first kappa shape index (κ1) is 47.2. The average Bonchev–Trinajstić information content (AvgIpc) is 3.73. The Hall–Kier alpha value is -4.76. The number of carbonyl (C=O) groups excluding carboxylic acids is 4. The van der Waals surface area contributed by atoms with Crippen molar-refractivity contribution in [1.82, 2.24) is 4.72 Å². The van der Waals surface area contributed by atoms with Gasteiger partial charge in [0.15, 0.2) is 17.3 Å². The normalized spacial score (nSPS) is 25.7. The Morgan fingerprint density at radius 3 is 1.78 bits per heavy atom. The molecule has 342 valence electrons. The van der Waals surface area contributed by atoms with Crippen LogP contribution in [-0.2, 0) is 34.5 Å². The number of sulfonamides is 1. The number of allylic oxidation sites excluding steroid dienone is 2. The molecule has 12 nitrogen and oxygen atoms in total. The highest BCUT2D eigenvalue weighted by Gasteiger charge is 2.68. The predicted molar refractivity (Wildman–Crippen MR) is 245 cm³/mol. The Kier molecular flexibility index (Phi) is 13.0. The number of aryl methyl sites for hydroxylation is 1. The number of aromatic hydroxyl groups is 1. The van der Waals surface area contributed by atoms with Crippen LogP contribution in [-0.4, -0.2) is 74.5 Å². The maximum Gasteiger partial charge on any atom is 0.338 e. The van der Waals surface area contributed by atoms with E-state index in [0.717, 1.165) is 36.0 Å². The van der Waals surface area contributed by atoms with Crippen molar-refractivity contribution in [1.29, 1.82) is 0 Å². The summed E-state index contributed by atoms with van der Waals surface area (Å²) in [5.41, 5.74) is 0.498. The first-order valence-electron chi connectivity index (χ1n) is 22.2. The summed E-state index contributed by atoms with van der Waals surface area (Å²) in [6.07, 6.45) is 9.41. The highest BCUT2D eigenvalue weighted by atomic mass is 32.2. The van der Waals surface area contributed by atoms with E-state index >= 15 is 0 Å². The maximum atomic E-state index is 14.2. The van der Waals surface area contributed by atoms with Crippen molar-refractivity contribution in [2.24, 2.45) is 33.5 Å². The lowest BCUT2D eigenvalue weighted by atomic mass is 9.70. The van der Waals surface area contributed by atoms with E-state index in [1.54, 1.807) is 25.1 Å². The second-order valence-electron chi connectivity index (χ2n) is 19.5. The molecule has 0 radical (unpaired) electrons. The molecule has 4 fully saturated rings. The van der Waals surface area contributed by atoms with E-state index in [0.29, 0.717) is 49.7 Å². The van der Waals surface area contributed by atoms with Crippen molar-refractivity contribution >= 4 is 55.6 Å². The van der Waals surface area contributed by atoms with Crippen molar-refractivity contribution in [3.63, 3.8) is 0 Å². The highest BCUT2D eigenvalue weighted by molar-refractivity contribution is 7.89. The number of Topliss-reactive ketones (excluding diaryl/α,β-unsaturated/α-hetero) is 2. The molecule has 0 aliphatic heterocycles. The first-order chi connectivity index (χ1) is 30.0. The van der Waals surface area contributed by atoms with E-state index < -0.39 is 59.3 Å². The van der Waals surface area contributed by atoms with Gasteiger partial charge in [0.05, 0.1) is 40.1 Å². The molecule has 4 saturated carbocycles. The van der Waals surface area contributed by atoms with Crippen LogP contribution in [0.2, 0.25) is 0 Å². The van der Waals surface area contributed by atoms with Crippen LogP contribution in [0.3, 0.4) is 0 Å². The summed E-state index contributed by atoms with van der Waals surface area (Å²) in [7, 11) is -8.17. The Bertz CT molecular complexity index is 2660. The van der Waals surface area contributed by atoms with Crippen molar-refractivity contribution < 1.29 is 50.4 Å². The molecule has 0 saturated heterocycles. The van der Waals surface area contributed by atoms with Gasteiger partial charge in [0, 0.05) is 23.3 Å². The van der Waals surface area contributed by atoms with Crippen LogP contribution in [0.15, 0.2) is 77.9 Å². The monoisotopic (exact) mass is 913 g/mol. The van der Waals surface area contributed by atoms with Crippen molar-refractivity contribution in [2.75, 3.05) is 24.7 Å². The number of phenolic OH excluding ortho intramolecular Hbond substituents is 1. The molecule has 4 bridgehead atoms. The number of rotatable bonds is 18. The van der Waals surface area contributed by atoms with Gasteiger partial charge in [0.2, 0.25) is 10.0 Å². The van der Waals surface area contributed by atoms with Gasteiger partial charge in [-0.3, -0.25) is 18.9 Å². The van der Waals surface area contributed by atoms with Crippen LogP contribution < -0.4 is 4.72 Å². The molecule has 4 unspecified atom stereocenters. The molecule has 0 aromatic heterocycles. The summed E-state index contributed by atoms with van der Waals surface area (Å²) < 4.78 is 68.9. The topological polar surface area (TPSA) is 198 Å². The quantitative estimate of drug-likeness (QED) is 0.0365. The van der Waals surface area contributed by atoms with Crippen LogP contribution in [0.4, 0.5) is 0 Å². The van der Waals surface area contributed by atoms with E-state index in [9.17, 15) is 45.7 Å². The second kappa shape index (κ2) is 17.6. The molecule has 7 rings (SSSR count). The molecule has 64 heavy (non-hydrogen) atoms. The minimum absolute atomic E-state index is 0.101. The Morgan fingerprint density at radius 1 is 0.719 bits per heavy atom. The number of fused-ring (bicyclic) bond motifs is 4. The lowest BCUT2D eigenvalue weighted by Crippen LogP contribution is -2.45. The lowest BCUT2D eigenvalue weighted by Gasteiger charge is -2.35. The zero-order chi connectivity index (χ0) is 46.5. The molecule has 0 amide bonds. The standard InChI is InChI=1S/C50H59NO11S2/c1-32-15-20-37(42(52)27-32)43(53)35-13-9-10-14-36(35)46(56)62-26-12-8-6-7-11-25-51-63(57,58)30-49-23-21-40(47(49,2)3)38(44(49)54)28-33-16-18-34(19-17-33)29-39-41-22-24-50(45(39)55,48(41,4)5)31-64(59,60)61/h9-10,13-20,27-29,40-41,51-52H,6-8,11-12,21-26,30-31H2,1-5H3,(H,59,60,61)/b38-28-,39-29-. The molecule has 3 aromatic rings. The molecule has 3 N–H and O–H groups in total. The van der Waals surface area contributed by atoms with Crippen LogP contribution in [0, 0.1) is 40.4 Å². The van der Waals surface area contributed by atoms with Gasteiger partial charge in [0.25, 0.3) is 10.1 Å². The number of esters is 1. The summed E-state index contributed by atoms with van der Waals surface area (Å²) in [4.78, 5) is 54.0. The number of nitrogens with one attached hydrogen (secondary N) is 1. The van der Waals surface area contributed by atoms with Gasteiger partial charge < -0.3 is 9.84 Å². The summed E-state index contributed by atoms with van der Waals surface area (Å²) in [6, 6.07) is 18.5. The number of phenols is 1. The summed E-state index contributed by atoms with van der Waals surface area (Å²) >= 11 is 0. The number of benzene rings is 3. The SMILES string of the molecule is Cc1ccc(C(=O)c2ccccc2C(=O)OCCCCCCCNS(=O)(=O)CC23CCC(/C(=C/c4ccc(/C=C5\C(=O)C6(CS(=O)(=O)O)CCC5C6(C)C)cc4)C2=O)C3(C)C)c(O)c1. The Labute approximate surface area is 376 Å². The number of ketones is 3. The van der Waals surface area contributed by atoms with Gasteiger partial charge in [0.1, 0.15) is 5.75 Å². The maximum absolute atomic E-state index is 14.2. The number of hydrogen-bond donors (Lipinski definition) is 3. The van der Waals surface area contributed by atoms with E-state index in [2.05, 4.69) is 4.72 Å². The Morgan fingerprint density at radius 2 is 1.23 bits per heavy atom. The third-order valence-electron chi connectivity index (χ3n) is 15.2.